The number of piperazine rings is 1. The second-order valence-corrected chi connectivity index (χ2v) is 14.5. The lowest BCUT2D eigenvalue weighted by Gasteiger charge is -2.35. The van der Waals surface area contributed by atoms with Gasteiger partial charge in [-0.25, -0.2) is 17.6 Å². The molecule has 4 aliphatic heterocycles. The normalized spacial score (nSPS) is 24.2. The van der Waals surface area contributed by atoms with Gasteiger partial charge in [-0.1, -0.05) is 18.2 Å². The molecule has 5 aromatic rings. The van der Waals surface area contributed by atoms with Gasteiger partial charge in [0.15, 0.2) is 17.5 Å². The SMILES string of the molecule is CC(=O)Oc1cc(-c2ncc3c(N4CC5CCC(C4)N5)nc(OCC45CCCN4C(c4ccc(F)cc4)CC5)nc3c2F)c2c(F)c(F)ccc2c1. The third kappa shape index (κ3) is 5.61. The van der Waals surface area contributed by atoms with Gasteiger partial charge in [0.25, 0.3) is 0 Å². The topological polar surface area (TPSA) is 92.7 Å². The van der Waals surface area contributed by atoms with Crippen LogP contribution in [0.5, 0.6) is 11.8 Å². The second kappa shape index (κ2) is 12.7. The second-order valence-electron chi connectivity index (χ2n) is 14.5. The highest BCUT2D eigenvalue weighted by Gasteiger charge is 2.50. The molecule has 9 nitrogen and oxygen atoms in total. The Hall–Kier alpha value is -4.88. The van der Waals surface area contributed by atoms with E-state index in [0.717, 1.165) is 56.7 Å². The van der Waals surface area contributed by atoms with Crippen LogP contribution in [0.25, 0.3) is 32.9 Å². The summed E-state index contributed by atoms with van der Waals surface area (Å²) < 4.78 is 72.5. The van der Waals surface area contributed by atoms with Crippen LogP contribution in [-0.2, 0) is 4.79 Å². The number of hydrogen-bond donors (Lipinski definition) is 1. The van der Waals surface area contributed by atoms with E-state index in [9.17, 15) is 13.6 Å². The first-order valence-electron chi connectivity index (χ1n) is 17.8. The molecule has 0 spiro atoms. The number of hydrogen-bond acceptors (Lipinski definition) is 9. The highest BCUT2D eigenvalue weighted by Crippen LogP contribution is 2.49. The highest BCUT2D eigenvalue weighted by molar-refractivity contribution is 6.00. The Kier molecular flexibility index (Phi) is 8.03. The standard InChI is InChI=1S/C39H36F4N6O3/c1-21(50)52-27-15-23-5-10-30(41)33(42)32(23)28(16-27)35-34(43)36-29(17-44-35)37(48-18-25-8-9-26(19-48)45-25)47-38(46-36)51-20-39-12-2-14-49(39)31(11-13-39)22-3-6-24(40)7-4-22/h3-7,10,15-17,25-26,31,45H,2,8-9,11-14,18-20H2,1H3. The highest BCUT2D eigenvalue weighted by atomic mass is 19.2. The molecule has 52 heavy (non-hydrogen) atoms. The van der Waals surface area contributed by atoms with Crippen molar-refractivity contribution in [2.45, 2.75) is 69.1 Å². The number of benzene rings is 3. The van der Waals surface area contributed by atoms with Gasteiger partial charge in [0.1, 0.15) is 35.2 Å². The zero-order valence-electron chi connectivity index (χ0n) is 28.5. The van der Waals surface area contributed by atoms with Crippen molar-refractivity contribution in [3.8, 4) is 23.0 Å². The third-order valence-electron chi connectivity index (χ3n) is 11.3. The molecule has 2 aromatic heterocycles. The summed E-state index contributed by atoms with van der Waals surface area (Å²) >= 11 is 0. The number of nitrogens with zero attached hydrogens (tertiary/aromatic N) is 5. The number of aromatic nitrogens is 3. The smallest absolute Gasteiger partial charge is 0.319 e. The number of carbonyl (C=O) groups is 1. The Bertz CT molecular complexity index is 2230. The van der Waals surface area contributed by atoms with Crippen LogP contribution in [0, 0.1) is 23.3 Å². The van der Waals surface area contributed by atoms with Crippen LogP contribution in [0.2, 0.25) is 0 Å². The number of fused-ring (bicyclic) bond motifs is 5. The molecule has 2 bridgehead atoms. The minimum atomic E-state index is -1.18. The number of anilines is 1. The summed E-state index contributed by atoms with van der Waals surface area (Å²) in [6.07, 6.45) is 7.15. The number of nitrogens with one attached hydrogen (secondary N) is 1. The van der Waals surface area contributed by atoms with E-state index in [0.29, 0.717) is 24.3 Å². The van der Waals surface area contributed by atoms with Crippen LogP contribution in [-0.4, -0.2) is 69.7 Å². The van der Waals surface area contributed by atoms with Crippen molar-refractivity contribution in [3.05, 3.63) is 83.6 Å². The summed E-state index contributed by atoms with van der Waals surface area (Å²) in [5, 5.41) is 3.97. The van der Waals surface area contributed by atoms with Crippen molar-refractivity contribution in [1.29, 1.82) is 0 Å². The van der Waals surface area contributed by atoms with Gasteiger partial charge < -0.3 is 19.7 Å². The van der Waals surface area contributed by atoms with Gasteiger partial charge in [0.05, 0.1) is 10.9 Å². The summed E-state index contributed by atoms with van der Waals surface area (Å²) in [5.41, 5.74) is 0.323. The van der Waals surface area contributed by atoms with Gasteiger partial charge in [0.2, 0.25) is 0 Å². The van der Waals surface area contributed by atoms with Crippen LogP contribution in [0.1, 0.15) is 57.1 Å². The van der Waals surface area contributed by atoms with Crippen LogP contribution in [0.4, 0.5) is 23.4 Å². The molecule has 0 aliphatic carbocycles. The van der Waals surface area contributed by atoms with E-state index in [4.69, 9.17) is 14.5 Å². The number of esters is 1. The van der Waals surface area contributed by atoms with Crippen molar-refractivity contribution < 1.29 is 31.8 Å². The molecule has 1 N–H and O–H groups in total. The first-order chi connectivity index (χ1) is 25.2. The molecule has 13 heteroatoms. The van der Waals surface area contributed by atoms with E-state index in [1.165, 1.54) is 43.5 Å². The average Bonchev–Trinajstić information content (AvgIpc) is 3.81. The van der Waals surface area contributed by atoms with E-state index in [2.05, 4.69) is 25.1 Å². The molecule has 9 rings (SSSR count). The van der Waals surface area contributed by atoms with Crippen molar-refractivity contribution in [1.82, 2.24) is 25.2 Å². The van der Waals surface area contributed by atoms with Gasteiger partial charge in [0, 0.05) is 55.3 Å². The molecule has 0 radical (unpaired) electrons. The maximum Gasteiger partial charge on any atom is 0.319 e. The first kappa shape index (κ1) is 33.0. The first-order valence-corrected chi connectivity index (χ1v) is 17.8. The molecular formula is C39H36F4N6O3. The lowest BCUT2D eigenvalue weighted by Crippen LogP contribution is -2.51. The zero-order chi connectivity index (χ0) is 35.7. The summed E-state index contributed by atoms with van der Waals surface area (Å²) in [7, 11) is 0. The van der Waals surface area contributed by atoms with E-state index in [1.807, 2.05) is 12.1 Å². The fraction of sp³-hybridized carbons (Fsp3) is 0.385. The minimum Gasteiger partial charge on any atom is -0.461 e. The maximum atomic E-state index is 17.0. The lowest BCUT2D eigenvalue weighted by atomic mass is 9.95. The van der Waals surface area contributed by atoms with Gasteiger partial charge in [-0.2, -0.15) is 9.97 Å². The third-order valence-corrected chi connectivity index (χ3v) is 11.3. The Labute approximate surface area is 297 Å². The summed E-state index contributed by atoms with van der Waals surface area (Å²) in [6, 6.07) is 12.3. The molecule has 0 saturated carbocycles. The van der Waals surface area contributed by atoms with Gasteiger partial charge in [-0.15, -0.1) is 0 Å². The molecule has 4 fully saturated rings. The molecule has 4 saturated heterocycles. The van der Waals surface area contributed by atoms with Crippen LogP contribution in [0.3, 0.4) is 0 Å². The molecule has 4 unspecified atom stereocenters. The van der Waals surface area contributed by atoms with Gasteiger partial charge in [-0.3, -0.25) is 14.7 Å². The molecule has 4 aliphatic rings. The van der Waals surface area contributed by atoms with Gasteiger partial charge in [-0.05, 0) is 86.4 Å². The molecule has 6 heterocycles. The lowest BCUT2D eigenvalue weighted by molar-refractivity contribution is -0.131. The molecule has 268 valence electrons. The van der Waals surface area contributed by atoms with Gasteiger partial charge >= 0.3 is 12.0 Å². The zero-order valence-corrected chi connectivity index (χ0v) is 28.5. The molecular weight excluding hydrogens is 676 g/mol. The fourth-order valence-corrected chi connectivity index (χ4v) is 9.00. The molecule has 0 amide bonds. The maximum absolute atomic E-state index is 17.0. The molecule has 3 aromatic carbocycles. The average molecular weight is 713 g/mol. The van der Waals surface area contributed by atoms with Crippen molar-refractivity contribution in [2.24, 2.45) is 0 Å². The number of rotatable bonds is 7. The van der Waals surface area contributed by atoms with E-state index in [1.54, 1.807) is 0 Å². The number of halogens is 4. The van der Waals surface area contributed by atoms with E-state index < -0.39 is 23.4 Å². The largest absolute Gasteiger partial charge is 0.461 e. The summed E-state index contributed by atoms with van der Waals surface area (Å²) in [5.74, 6) is -3.54. The molecule has 4 atom stereocenters. The van der Waals surface area contributed by atoms with Crippen LogP contribution in [0.15, 0.2) is 54.7 Å². The number of pyridine rings is 1. The quantitative estimate of drug-likeness (QED) is 0.109. The number of carbonyl (C=O) groups excluding carboxylic acids is 1. The summed E-state index contributed by atoms with van der Waals surface area (Å²) in [4.78, 5) is 30.4. The Morgan fingerprint density at radius 2 is 1.75 bits per heavy atom. The van der Waals surface area contributed by atoms with Crippen molar-refractivity contribution in [3.63, 3.8) is 0 Å². The fourth-order valence-electron chi connectivity index (χ4n) is 9.00. The van der Waals surface area contributed by atoms with E-state index in [-0.39, 0.29) is 75.4 Å². The predicted octanol–water partition coefficient (Wildman–Crippen LogP) is 7.02. The van der Waals surface area contributed by atoms with Crippen molar-refractivity contribution in [2.75, 3.05) is 31.1 Å². The summed E-state index contributed by atoms with van der Waals surface area (Å²) in [6.45, 7) is 3.68. The Balaban J connectivity index is 1.14. The Morgan fingerprint density at radius 1 is 0.962 bits per heavy atom. The monoisotopic (exact) mass is 712 g/mol. The van der Waals surface area contributed by atoms with E-state index >= 15 is 8.78 Å². The van der Waals surface area contributed by atoms with Crippen LogP contribution >= 0.6 is 0 Å². The minimum absolute atomic E-state index is 0.00614. The van der Waals surface area contributed by atoms with Crippen molar-refractivity contribution >= 4 is 33.5 Å². The Morgan fingerprint density at radius 3 is 2.52 bits per heavy atom. The predicted molar refractivity (Wildman–Crippen MR) is 186 cm³/mol. The van der Waals surface area contributed by atoms with Crippen LogP contribution < -0.4 is 19.7 Å². The number of ether oxygens (including phenoxy) is 2.